The van der Waals surface area contributed by atoms with Gasteiger partial charge in [-0.2, -0.15) is 0 Å². The molecule has 88 heavy (non-hydrogen) atoms. The molecule has 0 aliphatic carbocycles. The summed E-state index contributed by atoms with van der Waals surface area (Å²) in [6.45, 7) is 4.96. The van der Waals surface area contributed by atoms with Gasteiger partial charge in [-0.3, -0.25) is 9.59 Å². The Morgan fingerprint density at radius 2 is 0.534 bits per heavy atom. The van der Waals surface area contributed by atoms with Crippen molar-refractivity contribution in [2.45, 2.75) is 475 Å². The second-order valence-electron chi connectivity index (χ2n) is 28.1. The molecule has 0 aliphatic heterocycles. The Morgan fingerprint density at radius 3 is 0.807 bits per heavy atom. The monoisotopic (exact) mass is 1240 g/mol. The van der Waals surface area contributed by atoms with E-state index in [0.717, 1.165) is 38.5 Å². The first-order valence-electron chi connectivity index (χ1n) is 40.6. The molecule has 0 saturated heterocycles. The largest absolute Gasteiger partial charge is 0.466 e. The van der Waals surface area contributed by atoms with Crippen molar-refractivity contribution in [1.82, 2.24) is 5.32 Å². The number of aliphatic hydroxyl groups excluding tert-OH is 2. The standard InChI is InChI=1S/C82H159NO5/c1-3-5-7-9-11-13-15-17-19-43-47-50-54-58-62-66-70-74-80(85)79(78-84)83-81(86)75-71-67-63-59-55-51-48-44-41-39-37-35-33-31-29-27-25-23-21-20-22-24-26-28-30-32-34-36-38-40-42-45-49-53-57-61-65-69-73-77-88-82(87)76-72-68-64-60-56-52-46-18-16-14-12-10-8-6-4-2/h20-21,70,74,79-80,84-85H,3-19,22-69,71-73,75-78H2,1-2H3,(H,83,86)/b21-20-,74-70+. The molecule has 0 spiro atoms. The molecule has 0 aromatic carbocycles. The molecule has 0 heterocycles. The minimum Gasteiger partial charge on any atom is -0.466 e. The van der Waals surface area contributed by atoms with Crippen molar-refractivity contribution in [2.75, 3.05) is 13.2 Å². The van der Waals surface area contributed by atoms with Crippen LogP contribution in [-0.2, 0) is 14.3 Å². The third kappa shape index (κ3) is 73.4. The summed E-state index contributed by atoms with van der Waals surface area (Å²) in [6, 6.07) is -0.625. The van der Waals surface area contributed by atoms with Gasteiger partial charge in [0.05, 0.1) is 25.4 Å². The Kier molecular flexibility index (Phi) is 76.3. The molecule has 2 atom stereocenters. The van der Waals surface area contributed by atoms with E-state index in [1.165, 1.54) is 398 Å². The lowest BCUT2D eigenvalue weighted by molar-refractivity contribution is -0.143. The Hall–Kier alpha value is -1.66. The van der Waals surface area contributed by atoms with Gasteiger partial charge in [-0.1, -0.05) is 417 Å². The average molecular weight is 1240 g/mol. The SMILES string of the molecule is CCCCCCCCCCCCCCCCC/C=C/C(O)C(CO)NC(=O)CCCCCCCCCCCCCCCCCCC/C=C\CCCCCCCCCCCCCCCCCCCCOC(=O)CCCCCCCCCCCCCCCCC. The summed E-state index contributed by atoms with van der Waals surface area (Å²) in [7, 11) is 0. The van der Waals surface area contributed by atoms with Gasteiger partial charge in [0.2, 0.25) is 5.91 Å². The Labute approximate surface area is 551 Å². The highest BCUT2D eigenvalue weighted by Gasteiger charge is 2.18. The van der Waals surface area contributed by atoms with Crippen molar-refractivity contribution in [1.29, 1.82) is 0 Å². The molecule has 0 saturated carbocycles. The van der Waals surface area contributed by atoms with E-state index in [-0.39, 0.29) is 18.5 Å². The molecule has 2 unspecified atom stereocenters. The highest BCUT2D eigenvalue weighted by atomic mass is 16.5. The van der Waals surface area contributed by atoms with E-state index < -0.39 is 12.1 Å². The molecule has 0 bridgehead atoms. The number of hydrogen-bond acceptors (Lipinski definition) is 5. The summed E-state index contributed by atoms with van der Waals surface area (Å²) in [5.41, 5.74) is 0. The highest BCUT2D eigenvalue weighted by Crippen LogP contribution is 2.20. The van der Waals surface area contributed by atoms with E-state index in [9.17, 15) is 19.8 Å². The maximum atomic E-state index is 12.5. The van der Waals surface area contributed by atoms with Crippen LogP contribution >= 0.6 is 0 Å². The maximum absolute atomic E-state index is 12.5. The maximum Gasteiger partial charge on any atom is 0.305 e. The molecular formula is C82H159NO5. The van der Waals surface area contributed by atoms with Crippen molar-refractivity contribution in [3.05, 3.63) is 24.3 Å². The summed E-state index contributed by atoms with van der Waals surface area (Å²) in [5, 5.41) is 23.2. The van der Waals surface area contributed by atoms with Crippen LogP contribution in [0.5, 0.6) is 0 Å². The summed E-state index contributed by atoms with van der Waals surface area (Å²) < 4.78 is 5.51. The number of aliphatic hydroxyl groups is 2. The number of esters is 1. The predicted molar refractivity (Wildman–Crippen MR) is 389 cm³/mol. The topological polar surface area (TPSA) is 95.9 Å². The summed E-state index contributed by atoms with van der Waals surface area (Å²) in [5.74, 6) is -0.0336. The Balaban J connectivity index is 3.32. The number of carbonyl (C=O) groups is 2. The van der Waals surface area contributed by atoms with Crippen LogP contribution in [0.3, 0.4) is 0 Å². The summed E-state index contributed by atoms with van der Waals surface area (Å²) in [4.78, 5) is 24.6. The fourth-order valence-electron chi connectivity index (χ4n) is 13.0. The van der Waals surface area contributed by atoms with Crippen LogP contribution in [0.25, 0.3) is 0 Å². The molecule has 6 heteroatoms. The number of nitrogens with one attached hydrogen (secondary N) is 1. The number of amides is 1. The zero-order chi connectivity index (χ0) is 63.5. The van der Waals surface area contributed by atoms with Crippen molar-refractivity contribution >= 4 is 11.9 Å². The van der Waals surface area contributed by atoms with Crippen LogP contribution in [-0.4, -0.2) is 47.4 Å². The smallest absolute Gasteiger partial charge is 0.305 e. The van der Waals surface area contributed by atoms with Gasteiger partial charge < -0.3 is 20.3 Å². The summed E-state index contributed by atoms with van der Waals surface area (Å²) >= 11 is 0. The summed E-state index contributed by atoms with van der Waals surface area (Å²) in [6.07, 6.45) is 100. The molecule has 0 aliphatic rings. The van der Waals surface area contributed by atoms with Crippen molar-refractivity contribution in [2.24, 2.45) is 0 Å². The van der Waals surface area contributed by atoms with Gasteiger partial charge in [0.25, 0.3) is 0 Å². The van der Waals surface area contributed by atoms with E-state index in [2.05, 4.69) is 31.3 Å². The van der Waals surface area contributed by atoms with Crippen LogP contribution in [0, 0.1) is 0 Å². The molecular weight excluding hydrogens is 1080 g/mol. The van der Waals surface area contributed by atoms with Crippen LogP contribution in [0.2, 0.25) is 0 Å². The first-order chi connectivity index (χ1) is 43.5. The molecule has 0 fully saturated rings. The van der Waals surface area contributed by atoms with Crippen molar-refractivity contribution in [3.8, 4) is 0 Å². The first kappa shape index (κ1) is 86.3. The number of hydrogen-bond donors (Lipinski definition) is 3. The number of unbranched alkanes of at least 4 members (excludes halogenated alkanes) is 64. The number of ether oxygens (including phenoxy) is 1. The van der Waals surface area contributed by atoms with E-state index in [1.807, 2.05) is 6.08 Å². The van der Waals surface area contributed by atoms with Crippen molar-refractivity contribution < 1.29 is 24.5 Å². The van der Waals surface area contributed by atoms with Gasteiger partial charge in [0, 0.05) is 12.8 Å². The molecule has 0 rings (SSSR count). The van der Waals surface area contributed by atoms with Gasteiger partial charge in [0.1, 0.15) is 0 Å². The average Bonchev–Trinajstić information content (AvgIpc) is 3.58. The minimum absolute atomic E-state index is 0.0262. The van der Waals surface area contributed by atoms with Gasteiger partial charge in [-0.25, -0.2) is 0 Å². The quantitative estimate of drug-likeness (QED) is 0.0320. The molecule has 1 amide bonds. The Bertz CT molecular complexity index is 1380. The van der Waals surface area contributed by atoms with Crippen LogP contribution in [0.1, 0.15) is 463 Å². The highest BCUT2D eigenvalue weighted by molar-refractivity contribution is 5.76. The second-order valence-corrected chi connectivity index (χ2v) is 28.1. The van der Waals surface area contributed by atoms with Crippen molar-refractivity contribution in [3.63, 3.8) is 0 Å². The molecule has 0 aromatic rings. The van der Waals surface area contributed by atoms with E-state index in [0.29, 0.717) is 19.4 Å². The molecule has 522 valence electrons. The molecule has 0 aromatic heterocycles. The lowest BCUT2D eigenvalue weighted by Crippen LogP contribution is -2.45. The van der Waals surface area contributed by atoms with Gasteiger partial charge in [-0.05, 0) is 57.8 Å². The van der Waals surface area contributed by atoms with Crippen LogP contribution in [0.15, 0.2) is 24.3 Å². The zero-order valence-corrected chi connectivity index (χ0v) is 60.0. The fourth-order valence-corrected chi connectivity index (χ4v) is 13.0. The number of allylic oxidation sites excluding steroid dienone is 3. The Morgan fingerprint density at radius 1 is 0.307 bits per heavy atom. The first-order valence-corrected chi connectivity index (χ1v) is 40.6. The number of carbonyl (C=O) groups excluding carboxylic acids is 2. The zero-order valence-electron chi connectivity index (χ0n) is 60.0. The second kappa shape index (κ2) is 77.8. The van der Waals surface area contributed by atoms with E-state index in [4.69, 9.17) is 4.74 Å². The number of rotatable bonds is 77. The molecule has 6 nitrogen and oxygen atoms in total. The lowest BCUT2D eigenvalue weighted by atomic mass is 10.0. The van der Waals surface area contributed by atoms with E-state index in [1.54, 1.807) is 6.08 Å². The van der Waals surface area contributed by atoms with Crippen LogP contribution < -0.4 is 5.32 Å². The van der Waals surface area contributed by atoms with Gasteiger partial charge >= 0.3 is 5.97 Å². The fraction of sp³-hybridized carbons (Fsp3) is 0.927. The third-order valence-corrected chi connectivity index (χ3v) is 19.2. The normalized spacial score (nSPS) is 12.5. The predicted octanol–water partition coefficient (Wildman–Crippen LogP) is 26.8. The molecule has 3 N–H and O–H groups in total. The minimum atomic E-state index is -0.841. The van der Waals surface area contributed by atoms with E-state index >= 15 is 0 Å². The third-order valence-electron chi connectivity index (χ3n) is 19.2. The lowest BCUT2D eigenvalue weighted by Gasteiger charge is -2.20. The molecule has 0 radical (unpaired) electrons. The van der Waals surface area contributed by atoms with Gasteiger partial charge in [-0.15, -0.1) is 0 Å². The van der Waals surface area contributed by atoms with Gasteiger partial charge in [0.15, 0.2) is 0 Å². The van der Waals surface area contributed by atoms with Crippen LogP contribution in [0.4, 0.5) is 0 Å².